The summed E-state index contributed by atoms with van der Waals surface area (Å²) in [7, 11) is 3.07. The molecule has 0 aliphatic rings. The zero-order chi connectivity index (χ0) is 18.0. The molecule has 9 heteroatoms. The standard InChI is InChI=1S/C16H13N3O5S/c1-23-11-7-12(24-2)14-13(8-11)25-16(17-14)18-15(20)9-4-3-5-10(6-9)19(21)22/h3-8H,1-2H3,(H,17,18,20). The predicted molar refractivity (Wildman–Crippen MR) is 93.8 cm³/mol. The number of amides is 1. The Bertz CT molecular complexity index is 970. The van der Waals surface area contributed by atoms with E-state index in [9.17, 15) is 14.9 Å². The number of carbonyl (C=O) groups excluding carboxylic acids is 1. The fourth-order valence-electron chi connectivity index (χ4n) is 2.23. The maximum atomic E-state index is 12.3. The topological polar surface area (TPSA) is 104 Å². The van der Waals surface area contributed by atoms with Crippen LogP contribution in [0.2, 0.25) is 0 Å². The Morgan fingerprint density at radius 3 is 2.72 bits per heavy atom. The normalized spacial score (nSPS) is 10.5. The minimum atomic E-state index is -0.550. The Morgan fingerprint density at radius 2 is 2.04 bits per heavy atom. The van der Waals surface area contributed by atoms with E-state index in [1.165, 1.54) is 42.7 Å². The highest BCUT2D eigenvalue weighted by atomic mass is 32.1. The van der Waals surface area contributed by atoms with E-state index in [0.29, 0.717) is 22.1 Å². The van der Waals surface area contributed by atoms with Crippen LogP contribution in [0.15, 0.2) is 36.4 Å². The van der Waals surface area contributed by atoms with Crippen LogP contribution in [0.4, 0.5) is 10.8 Å². The molecule has 0 saturated heterocycles. The van der Waals surface area contributed by atoms with Gasteiger partial charge in [0, 0.05) is 23.8 Å². The predicted octanol–water partition coefficient (Wildman–Crippen LogP) is 3.47. The first-order chi connectivity index (χ1) is 12.0. The van der Waals surface area contributed by atoms with Crippen LogP contribution < -0.4 is 14.8 Å². The van der Waals surface area contributed by atoms with E-state index in [4.69, 9.17) is 9.47 Å². The van der Waals surface area contributed by atoms with Gasteiger partial charge in [0.1, 0.15) is 17.0 Å². The van der Waals surface area contributed by atoms with Crippen molar-refractivity contribution in [3.63, 3.8) is 0 Å². The smallest absolute Gasteiger partial charge is 0.270 e. The summed E-state index contributed by atoms with van der Waals surface area (Å²) in [5.74, 6) is 0.666. The van der Waals surface area contributed by atoms with Crippen LogP contribution in [-0.2, 0) is 0 Å². The van der Waals surface area contributed by atoms with Crippen molar-refractivity contribution in [3.05, 3.63) is 52.1 Å². The van der Waals surface area contributed by atoms with Gasteiger partial charge >= 0.3 is 0 Å². The van der Waals surface area contributed by atoms with E-state index in [0.717, 1.165) is 4.70 Å². The summed E-state index contributed by atoms with van der Waals surface area (Å²) in [6, 6.07) is 8.99. The van der Waals surface area contributed by atoms with Gasteiger partial charge in [0.05, 0.1) is 23.8 Å². The molecule has 0 fully saturated rings. The Kier molecular flexibility index (Phi) is 4.48. The number of fused-ring (bicyclic) bond motifs is 1. The lowest BCUT2D eigenvalue weighted by molar-refractivity contribution is -0.384. The Morgan fingerprint density at radius 1 is 1.24 bits per heavy atom. The van der Waals surface area contributed by atoms with Gasteiger partial charge in [-0.1, -0.05) is 17.4 Å². The van der Waals surface area contributed by atoms with Crippen molar-refractivity contribution in [1.82, 2.24) is 4.98 Å². The Labute approximate surface area is 146 Å². The van der Waals surface area contributed by atoms with Crippen LogP contribution in [0.5, 0.6) is 11.5 Å². The summed E-state index contributed by atoms with van der Waals surface area (Å²) in [5, 5.41) is 13.8. The van der Waals surface area contributed by atoms with Crippen molar-refractivity contribution in [3.8, 4) is 11.5 Å². The lowest BCUT2D eigenvalue weighted by Crippen LogP contribution is -2.11. The number of nitrogens with one attached hydrogen (secondary N) is 1. The van der Waals surface area contributed by atoms with Crippen LogP contribution in [0.1, 0.15) is 10.4 Å². The second-order valence-electron chi connectivity index (χ2n) is 4.96. The fourth-order valence-corrected chi connectivity index (χ4v) is 3.14. The van der Waals surface area contributed by atoms with Crippen LogP contribution in [-0.4, -0.2) is 30.0 Å². The molecule has 0 bridgehead atoms. The molecule has 1 aromatic heterocycles. The van der Waals surface area contributed by atoms with E-state index in [2.05, 4.69) is 10.3 Å². The molecule has 2 aromatic carbocycles. The number of nitro benzene ring substituents is 1. The number of methoxy groups -OCH3 is 2. The third-order valence-electron chi connectivity index (χ3n) is 3.43. The van der Waals surface area contributed by atoms with Gasteiger partial charge in [-0.3, -0.25) is 20.2 Å². The summed E-state index contributed by atoms with van der Waals surface area (Å²) in [4.78, 5) is 26.9. The zero-order valence-corrected chi connectivity index (χ0v) is 14.1. The number of hydrogen-bond acceptors (Lipinski definition) is 7. The Hall–Kier alpha value is -3.20. The molecule has 1 amide bonds. The third-order valence-corrected chi connectivity index (χ3v) is 4.35. The molecule has 1 heterocycles. The van der Waals surface area contributed by atoms with Crippen LogP contribution in [0, 0.1) is 10.1 Å². The van der Waals surface area contributed by atoms with Crippen LogP contribution >= 0.6 is 11.3 Å². The van der Waals surface area contributed by atoms with Crippen molar-refractivity contribution >= 4 is 38.3 Å². The van der Waals surface area contributed by atoms with Gasteiger partial charge in [0.25, 0.3) is 11.6 Å². The number of rotatable bonds is 5. The van der Waals surface area contributed by atoms with E-state index in [1.807, 2.05) is 0 Å². The summed E-state index contributed by atoms with van der Waals surface area (Å²) >= 11 is 1.25. The van der Waals surface area contributed by atoms with Crippen molar-refractivity contribution in [2.24, 2.45) is 0 Å². The summed E-state index contributed by atoms with van der Waals surface area (Å²) < 4.78 is 11.3. The molecule has 0 unspecified atom stereocenters. The molecule has 3 rings (SSSR count). The first-order valence-electron chi connectivity index (χ1n) is 7.10. The number of ether oxygens (including phenoxy) is 2. The van der Waals surface area contributed by atoms with E-state index in [1.54, 1.807) is 19.2 Å². The first kappa shape index (κ1) is 16.7. The summed E-state index contributed by atoms with van der Waals surface area (Å²) in [5.41, 5.74) is 0.629. The SMILES string of the molecule is COc1cc(OC)c2nc(NC(=O)c3cccc([N+](=O)[O-])c3)sc2c1. The Balaban J connectivity index is 1.91. The van der Waals surface area contributed by atoms with Crippen molar-refractivity contribution in [2.75, 3.05) is 19.5 Å². The number of aromatic nitrogens is 1. The number of thiazole rings is 1. The maximum Gasteiger partial charge on any atom is 0.270 e. The fraction of sp³-hybridized carbons (Fsp3) is 0.125. The zero-order valence-electron chi connectivity index (χ0n) is 13.3. The molecule has 0 atom stereocenters. The lowest BCUT2D eigenvalue weighted by Gasteiger charge is -2.03. The molecule has 0 aliphatic carbocycles. The molecular weight excluding hydrogens is 346 g/mol. The molecule has 25 heavy (non-hydrogen) atoms. The van der Waals surface area contributed by atoms with Gasteiger partial charge < -0.3 is 9.47 Å². The van der Waals surface area contributed by atoms with Gasteiger partial charge in [-0.25, -0.2) is 4.98 Å². The number of hydrogen-bond donors (Lipinski definition) is 1. The molecule has 3 aromatic rings. The molecule has 128 valence electrons. The minimum Gasteiger partial charge on any atom is -0.497 e. The van der Waals surface area contributed by atoms with Crippen molar-refractivity contribution in [1.29, 1.82) is 0 Å². The van der Waals surface area contributed by atoms with E-state index < -0.39 is 10.8 Å². The molecule has 8 nitrogen and oxygen atoms in total. The molecule has 1 N–H and O–H groups in total. The molecule has 0 saturated carbocycles. The molecular formula is C16H13N3O5S. The maximum absolute atomic E-state index is 12.3. The average molecular weight is 359 g/mol. The highest BCUT2D eigenvalue weighted by molar-refractivity contribution is 7.22. The minimum absolute atomic E-state index is 0.150. The number of nitrogens with zero attached hydrogens (tertiary/aromatic N) is 2. The molecule has 0 aliphatic heterocycles. The highest BCUT2D eigenvalue weighted by Gasteiger charge is 2.16. The lowest BCUT2D eigenvalue weighted by atomic mass is 10.2. The number of anilines is 1. The number of benzene rings is 2. The molecule has 0 radical (unpaired) electrons. The second-order valence-corrected chi connectivity index (χ2v) is 5.99. The average Bonchev–Trinajstić information content (AvgIpc) is 3.02. The number of carbonyl (C=O) groups is 1. The summed E-state index contributed by atoms with van der Waals surface area (Å²) in [6.45, 7) is 0. The largest absolute Gasteiger partial charge is 0.497 e. The van der Waals surface area contributed by atoms with Gasteiger partial charge in [0.2, 0.25) is 0 Å². The first-order valence-corrected chi connectivity index (χ1v) is 7.92. The van der Waals surface area contributed by atoms with Gasteiger partial charge in [-0.2, -0.15) is 0 Å². The van der Waals surface area contributed by atoms with Gasteiger partial charge in [-0.05, 0) is 12.1 Å². The third kappa shape index (κ3) is 3.36. The van der Waals surface area contributed by atoms with Gasteiger partial charge in [-0.15, -0.1) is 0 Å². The van der Waals surface area contributed by atoms with Crippen LogP contribution in [0.3, 0.4) is 0 Å². The summed E-state index contributed by atoms with van der Waals surface area (Å²) in [6.07, 6.45) is 0. The highest BCUT2D eigenvalue weighted by Crippen LogP contribution is 2.36. The van der Waals surface area contributed by atoms with E-state index >= 15 is 0 Å². The monoisotopic (exact) mass is 359 g/mol. The molecule has 0 spiro atoms. The van der Waals surface area contributed by atoms with Crippen LogP contribution in [0.25, 0.3) is 10.2 Å². The number of nitro groups is 1. The quantitative estimate of drug-likeness (QED) is 0.552. The number of non-ortho nitro benzene ring substituents is 1. The van der Waals surface area contributed by atoms with E-state index in [-0.39, 0.29) is 11.3 Å². The van der Waals surface area contributed by atoms with Crippen molar-refractivity contribution < 1.29 is 19.2 Å². The van der Waals surface area contributed by atoms with Gasteiger partial charge in [0.15, 0.2) is 5.13 Å². The second kappa shape index (κ2) is 6.73. The van der Waals surface area contributed by atoms with Crippen molar-refractivity contribution in [2.45, 2.75) is 0 Å².